The van der Waals surface area contributed by atoms with Crippen LogP contribution in [0.1, 0.15) is 12.5 Å². The summed E-state index contributed by atoms with van der Waals surface area (Å²) in [7, 11) is 0. The van der Waals surface area contributed by atoms with E-state index < -0.39 is 0 Å². The van der Waals surface area contributed by atoms with Crippen molar-refractivity contribution >= 4 is 28.9 Å². The maximum atomic E-state index is 13.7. The number of nitrogens with one attached hydrogen (secondary N) is 1. The third-order valence-corrected chi connectivity index (χ3v) is 3.35. The van der Waals surface area contributed by atoms with Crippen LogP contribution in [0, 0.1) is 5.82 Å². The first-order valence-electron chi connectivity index (χ1n) is 6.21. The number of rotatable bonds is 5. The zero-order chi connectivity index (χ0) is 14.5. The van der Waals surface area contributed by atoms with Gasteiger partial charge in [0, 0.05) is 22.2 Å². The average molecular weight is 314 g/mol. The van der Waals surface area contributed by atoms with Gasteiger partial charge >= 0.3 is 0 Å². The van der Waals surface area contributed by atoms with E-state index in [0.717, 1.165) is 0 Å². The number of hydrogen-bond acceptors (Lipinski definition) is 2. The smallest absolute Gasteiger partial charge is 0.142 e. The van der Waals surface area contributed by atoms with Crippen LogP contribution in [0.2, 0.25) is 10.0 Å². The van der Waals surface area contributed by atoms with Crippen LogP contribution in [-0.4, -0.2) is 6.61 Å². The van der Waals surface area contributed by atoms with Crippen LogP contribution in [0.4, 0.5) is 10.1 Å². The van der Waals surface area contributed by atoms with E-state index in [1.807, 2.05) is 6.92 Å². The van der Waals surface area contributed by atoms with Crippen molar-refractivity contribution < 1.29 is 9.13 Å². The van der Waals surface area contributed by atoms with Crippen LogP contribution in [0.15, 0.2) is 36.4 Å². The Morgan fingerprint density at radius 3 is 2.70 bits per heavy atom. The Bertz CT molecular complexity index is 584. The lowest BCUT2D eigenvalue weighted by Crippen LogP contribution is -2.05. The molecule has 0 aliphatic rings. The van der Waals surface area contributed by atoms with Gasteiger partial charge in [-0.2, -0.15) is 0 Å². The first kappa shape index (κ1) is 14.9. The number of hydrogen-bond donors (Lipinski definition) is 1. The van der Waals surface area contributed by atoms with Crippen LogP contribution < -0.4 is 10.1 Å². The van der Waals surface area contributed by atoms with E-state index in [1.54, 1.807) is 30.3 Å². The number of ether oxygens (including phenoxy) is 1. The van der Waals surface area contributed by atoms with Gasteiger partial charge in [-0.15, -0.1) is 0 Å². The zero-order valence-corrected chi connectivity index (χ0v) is 12.4. The molecule has 0 aliphatic heterocycles. The summed E-state index contributed by atoms with van der Waals surface area (Å²) in [6.45, 7) is 2.69. The molecular weight excluding hydrogens is 300 g/mol. The van der Waals surface area contributed by atoms with E-state index in [0.29, 0.717) is 33.7 Å². The summed E-state index contributed by atoms with van der Waals surface area (Å²) >= 11 is 12.0. The minimum atomic E-state index is -0.343. The van der Waals surface area contributed by atoms with Gasteiger partial charge in [-0.25, -0.2) is 4.39 Å². The van der Waals surface area contributed by atoms with Gasteiger partial charge in [0.25, 0.3) is 0 Å². The quantitative estimate of drug-likeness (QED) is 0.824. The van der Waals surface area contributed by atoms with Gasteiger partial charge in [0.2, 0.25) is 0 Å². The molecule has 0 aliphatic carbocycles. The van der Waals surface area contributed by atoms with Crippen molar-refractivity contribution in [1.82, 2.24) is 0 Å². The van der Waals surface area contributed by atoms with Gasteiger partial charge in [0.05, 0.1) is 12.3 Å². The lowest BCUT2D eigenvalue weighted by molar-refractivity contribution is 0.341. The maximum absolute atomic E-state index is 13.7. The van der Waals surface area contributed by atoms with Crippen LogP contribution in [0.25, 0.3) is 0 Å². The second kappa shape index (κ2) is 6.82. The van der Waals surface area contributed by atoms with Crippen LogP contribution in [0.5, 0.6) is 5.75 Å². The molecule has 0 bridgehead atoms. The number of benzene rings is 2. The number of anilines is 1. The normalized spacial score (nSPS) is 10.4. The highest BCUT2D eigenvalue weighted by atomic mass is 35.5. The van der Waals surface area contributed by atoms with E-state index in [4.69, 9.17) is 27.9 Å². The largest absolute Gasteiger partial charge is 0.492 e. The van der Waals surface area contributed by atoms with Crippen LogP contribution in [-0.2, 0) is 6.54 Å². The first-order chi connectivity index (χ1) is 9.61. The summed E-state index contributed by atoms with van der Waals surface area (Å²) in [5.74, 6) is 0.328. The molecule has 20 heavy (non-hydrogen) atoms. The Labute approximate surface area is 127 Å². The van der Waals surface area contributed by atoms with Gasteiger partial charge in [-0.05, 0) is 37.3 Å². The molecule has 2 aromatic carbocycles. The second-order valence-corrected chi connectivity index (χ2v) is 4.97. The molecule has 0 unspecified atom stereocenters. The predicted octanol–water partition coefficient (Wildman–Crippen LogP) is 5.14. The van der Waals surface area contributed by atoms with Gasteiger partial charge in [-0.3, -0.25) is 0 Å². The highest BCUT2D eigenvalue weighted by Crippen LogP contribution is 2.29. The zero-order valence-electron chi connectivity index (χ0n) is 10.9. The van der Waals surface area contributed by atoms with Crippen molar-refractivity contribution in [3.05, 3.63) is 57.8 Å². The van der Waals surface area contributed by atoms with Crippen molar-refractivity contribution in [3.8, 4) is 5.75 Å². The van der Waals surface area contributed by atoms with E-state index >= 15 is 0 Å². The molecule has 5 heteroatoms. The molecule has 0 aromatic heterocycles. The molecule has 2 aromatic rings. The third-order valence-electron chi connectivity index (χ3n) is 2.76. The van der Waals surface area contributed by atoms with Crippen molar-refractivity contribution in [2.24, 2.45) is 0 Å². The minimum Gasteiger partial charge on any atom is -0.492 e. The molecule has 1 N–H and O–H groups in total. The van der Waals surface area contributed by atoms with E-state index in [-0.39, 0.29) is 12.4 Å². The Kier molecular flexibility index (Phi) is 5.10. The Hall–Kier alpha value is -1.45. The molecule has 106 valence electrons. The van der Waals surface area contributed by atoms with Crippen LogP contribution >= 0.6 is 23.2 Å². The lowest BCUT2D eigenvalue weighted by atomic mass is 10.2. The minimum absolute atomic E-state index is 0.256. The van der Waals surface area contributed by atoms with Gasteiger partial charge < -0.3 is 10.1 Å². The molecular formula is C15H14Cl2FNO. The molecule has 0 fully saturated rings. The van der Waals surface area contributed by atoms with Crippen molar-refractivity contribution in [2.45, 2.75) is 13.5 Å². The van der Waals surface area contributed by atoms with Gasteiger partial charge in [0.15, 0.2) is 0 Å². The molecule has 0 heterocycles. The third kappa shape index (κ3) is 3.56. The number of halogens is 3. The fraction of sp³-hybridized carbons (Fsp3) is 0.200. The van der Waals surface area contributed by atoms with Gasteiger partial charge in [-0.1, -0.05) is 29.3 Å². The van der Waals surface area contributed by atoms with E-state index in [2.05, 4.69) is 5.32 Å². The summed E-state index contributed by atoms with van der Waals surface area (Å²) in [5.41, 5.74) is 1.12. The predicted molar refractivity (Wildman–Crippen MR) is 81.4 cm³/mol. The Morgan fingerprint density at radius 1 is 1.20 bits per heavy atom. The second-order valence-electron chi connectivity index (χ2n) is 4.13. The average Bonchev–Trinajstić information content (AvgIpc) is 2.41. The molecule has 2 nitrogen and oxygen atoms in total. The summed E-state index contributed by atoms with van der Waals surface area (Å²) < 4.78 is 19.2. The maximum Gasteiger partial charge on any atom is 0.142 e. The molecule has 0 atom stereocenters. The summed E-state index contributed by atoms with van der Waals surface area (Å²) in [4.78, 5) is 0. The first-order valence-corrected chi connectivity index (χ1v) is 6.96. The Balaban J connectivity index is 2.20. The highest BCUT2D eigenvalue weighted by Gasteiger charge is 2.09. The van der Waals surface area contributed by atoms with Crippen molar-refractivity contribution in [3.63, 3.8) is 0 Å². The summed E-state index contributed by atoms with van der Waals surface area (Å²) in [6.07, 6.45) is 0. The lowest BCUT2D eigenvalue weighted by Gasteiger charge is -2.14. The molecule has 0 radical (unpaired) electrons. The fourth-order valence-corrected chi connectivity index (χ4v) is 2.21. The highest BCUT2D eigenvalue weighted by molar-refractivity contribution is 6.31. The van der Waals surface area contributed by atoms with E-state index in [9.17, 15) is 4.39 Å². The summed E-state index contributed by atoms with van der Waals surface area (Å²) in [5, 5.41) is 4.07. The Morgan fingerprint density at radius 2 is 2.00 bits per heavy atom. The van der Waals surface area contributed by atoms with Crippen LogP contribution in [0.3, 0.4) is 0 Å². The molecule has 0 amide bonds. The van der Waals surface area contributed by atoms with Crippen molar-refractivity contribution in [2.75, 3.05) is 11.9 Å². The SMILES string of the molecule is CCOc1ccc(Cl)cc1NCc1c(F)cccc1Cl. The topological polar surface area (TPSA) is 21.3 Å². The monoisotopic (exact) mass is 313 g/mol. The van der Waals surface area contributed by atoms with Gasteiger partial charge in [0.1, 0.15) is 11.6 Å². The summed E-state index contributed by atoms with van der Waals surface area (Å²) in [6, 6.07) is 9.87. The molecule has 2 rings (SSSR count). The van der Waals surface area contributed by atoms with Crippen molar-refractivity contribution in [1.29, 1.82) is 0 Å². The van der Waals surface area contributed by atoms with E-state index in [1.165, 1.54) is 6.07 Å². The fourth-order valence-electron chi connectivity index (χ4n) is 1.81. The molecule has 0 saturated carbocycles. The molecule has 0 spiro atoms. The standard InChI is InChI=1S/C15H14Cl2FNO/c1-2-20-15-7-6-10(16)8-14(15)19-9-11-12(17)4-3-5-13(11)18/h3-8,19H,2,9H2,1H3. The molecule has 0 saturated heterocycles.